The zero-order chi connectivity index (χ0) is 11.0. The van der Waals surface area contributed by atoms with Gasteiger partial charge in [-0.3, -0.25) is 0 Å². The average molecular weight is 235 g/mol. The van der Waals surface area contributed by atoms with E-state index in [1.807, 2.05) is 0 Å². The normalized spacial score (nSPS) is 25.3. The summed E-state index contributed by atoms with van der Waals surface area (Å²) in [6.07, 6.45) is 6.72. The minimum absolute atomic E-state index is 0.290. The van der Waals surface area contributed by atoms with Crippen LogP contribution in [0.15, 0.2) is 17.7 Å². The monoisotopic (exact) mass is 235 g/mol. The van der Waals surface area contributed by atoms with Crippen LogP contribution in [0.1, 0.15) is 19.3 Å². The molecule has 0 aromatic carbocycles. The van der Waals surface area contributed by atoms with Crippen LogP contribution in [0, 0.1) is 0 Å². The summed E-state index contributed by atoms with van der Waals surface area (Å²) in [5.41, 5.74) is 7.70. The molecule has 0 radical (unpaired) electrons. The van der Waals surface area contributed by atoms with Crippen molar-refractivity contribution in [2.45, 2.75) is 35.6 Å². The van der Waals surface area contributed by atoms with Gasteiger partial charge in [0.25, 0.3) is 0 Å². The third-order valence-corrected chi connectivity index (χ3v) is 4.38. The molecule has 2 aromatic heterocycles. The second-order valence-corrected chi connectivity index (χ2v) is 5.26. The number of imidazole rings is 1. The van der Waals surface area contributed by atoms with Gasteiger partial charge in [0.2, 0.25) is 0 Å². The molecule has 1 fully saturated rings. The maximum atomic E-state index is 6.06. The fraction of sp³-hybridized carbons (Fsp3) is 0.500. The van der Waals surface area contributed by atoms with Gasteiger partial charge in [0.1, 0.15) is 16.9 Å². The van der Waals surface area contributed by atoms with Crippen LogP contribution in [0.25, 0.3) is 11.2 Å². The Morgan fingerprint density at radius 3 is 3.06 bits per heavy atom. The molecule has 2 atom stereocenters. The Labute approximate surface area is 97.3 Å². The molecule has 16 heavy (non-hydrogen) atoms. The number of thioether (sulfide) groups is 1. The first-order chi connectivity index (χ1) is 7.84. The zero-order valence-electron chi connectivity index (χ0n) is 8.76. The van der Waals surface area contributed by atoms with Crippen molar-refractivity contribution < 1.29 is 0 Å². The first kappa shape index (κ1) is 10.0. The molecule has 2 unspecified atom stereocenters. The van der Waals surface area contributed by atoms with Crippen LogP contribution in [0.5, 0.6) is 0 Å². The lowest BCUT2D eigenvalue weighted by Gasteiger charge is -2.13. The van der Waals surface area contributed by atoms with Crippen LogP contribution in [0.3, 0.4) is 0 Å². The lowest BCUT2D eigenvalue weighted by molar-refractivity contribution is 0.715. The minimum Gasteiger partial charge on any atom is -0.341 e. The molecule has 1 aliphatic rings. The van der Waals surface area contributed by atoms with Crippen LogP contribution in [-0.4, -0.2) is 31.2 Å². The van der Waals surface area contributed by atoms with Crippen molar-refractivity contribution in [3.8, 4) is 0 Å². The van der Waals surface area contributed by atoms with E-state index in [1.54, 1.807) is 24.4 Å². The van der Waals surface area contributed by atoms with Crippen LogP contribution in [0.2, 0.25) is 0 Å². The molecule has 84 valence electrons. The summed E-state index contributed by atoms with van der Waals surface area (Å²) in [4.78, 5) is 15.6. The molecular formula is C10H13N5S. The van der Waals surface area contributed by atoms with Gasteiger partial charge < -0.3 is 10.7 Å². The summed E-state index contributed by atoms with van der Waals surface area (Å²) < 4.78 is 0. The number of aromatic nitrogens is 4. The number of H-pyrrole nitrogens is 1. The van der Waals surface area contributed by atoms with Crippen LogP contribution >= 0.6 is 11.8 Å². The average Bonchev–Trinajstić information content (AvgIpc) is 2.89. The number of nitrogens with zero attached hydrogens (tertiary/aromatic N) is 3. The smallest absolute Gasteiger partial charge is 0.181 e. The molecule has 1 aliphatic carbocycles. The predicted molar refractivity (Wildman–Crippen MR) is 63.2 cm³/mol. The van der Waals surface area contributed by atoms with Crippen molar-refractivity contribution in [2.75, 3.05) is 0 Å². The SMILES string of the molecule is NC1CCCC1Sc1ncnc2nc[nH]c12. The second kappa shape index (κ2) is 4.03. The Morgan fingerprint density at radius 2 is 2.25 bits per heavy atom. The number of aromatic amines is 1. The molecule has 3 rings (SSSR count). The van der Waals surface area contributed by atoms with Gasteiger partial charge in [0.05, 0.1) is 6.33 Å². The van der Waals surface area contributed by atoms with Crippen molar-refractivity contribution in [3.63, 3.8) is 0 Å². The highest BCUT2D eigenvalue weighted by Gasteiger charge is 2.26. The van der Waals surface area contributed by atoms with E-state index in [0.717, 1.165) is 22.6 Å². The number of rotatable bonds is 2. The molecule has 1 saturated carbocycles. The Bertz CT molecular complexity index is 497. The van der Waals surface area contributed by atoms with Crippen LogP contribution < -0.4 is 5.73 Å². The van der Waals surface area contributed by atoms with Crippen molar-refractivity contribution in [2.24, 2.45) is 5.73 Å². The Morgan fingerprint density at radius 1 is 1.31 bits per heavy atom. The van der Waals surface area contributed by atoms with E-state index in [-0.39, 0.29) is 6.04 Å². The van der Waals surface area contributed by atoms with Gasteiger partial charge in [-0.1, -0.05) is 18.2 Å². The third-order valence-electron chi connectivity index (χ3n) is 2.95. The number of hydrogen-bond acceptors (Lipinski definition) is 5. The predicted octanol–water partition coefficient (Wildman–Crippen LogP) is 1.32. The summed E-state index contributed by atoms with van der Waals surface area (Å²) in [6.45, 7) is 0. The van der Waals surface area contributed by atoms with Gasteiger partial charge >= 0.3 is 0 Å². The van der Waals surface area contributed by atoms with Gasteiger partial charge in [-0.2, -0.15) is 0 Å². The summed E-state index contributed by atoms with van der Waals surface area (Å²) in [6, 6.07) is 0.290. The molecule has 0 bridgehead atoms. The largest absolute Gasteiger partial charge is 0.341 e. The molecule has 2 heterocycles. The summed E-state index contributed by atoms with van der Waals surface area (Å²) in [7, 11) is 0. The second-order valence-electron chi connectivity index (χ2n) is 4.03. The lowest BCUT2D eigenvalue weighted by Crippen LogP contribution is -2.26. The third kappa shape index (κ3) is 1.68. The van der Waals surface area contributed by atoms with E-state index in [2.05, 4.69) is 19.9 Å². The van der Waals surface area contributed by atoms with E-state index in [1.165, 1.54) is 12.8 Å². The van der Waals surface area contributed by atoms with Crippen molar-refractivity contribution >= 4 is 22.9 Å². The molecular weight excluding hydrogens is 222 g/mol. The fourth-order valence-corrected chi connectivity index (χ4v) is 3.33. The fourth-order valence-electron chi connectivity index (χ4n) is 2.08. The van der Waals surface area contributed by atoms with E-state index >= 15 is 0 Å². The highest BCUT2D eigenvalue weighted by atomic mass is 32.2. The van der Waals surface area contributed by atoms with Crippen LogP contribution in [-0.2, 0) is 0 Å². The van der Waals surface area contributed by atoms with Gasteiger partial charge in [-0.15, -0.1) is 0 Å². The van der Waals surface area contributed by atoms with Crippen molar-refractivity contribution in [3.05, 3.63) is 12.7 Å². The van der Waals surface area contributed by atoms with Crippen LogP contribution in [0.4, 0.5) is 0 Å². The van der Waals surface area contributed by atoms with E-state index < -0.39 is 0 Å². The molecule has 0 spiro atoms. The first-order valence-corrected chi connectivity index (χ1v) is 6.29. The lowest BCUT2D eigenvalue weighted by atomic mass is 10.3. The Balaban J connectivity index is 1.91. The maximum absolute atomic E-state index is 6.06. The minimum atomic E-state index is 0.290. The Hall–Kier alpha value is -1.14. The van der Waals surface area contributed by atoms with Gasteiger partial charge in [-0.25, -0.2) is 15.0 Å². The number of fused-ring (bicyclic) bond motifs is 1. The number of nitrogens with one attached hydrogen (secondary N) is 1. The summed E-state index contributed by atoms with van der Waals surface area (Å²) >= 11 is 1.75. The molecule has 0 amide bonds. The zero-order valence-corrected chi connectivity index (χ0v) is 9.57. The topological polar surface area (TPSA) is 80.5 Å². The van der Waals surface area contributed by atoms with Crippen molar-refractivity contribution in [1.29, 1.82) is 0 Å². The standard InChI is InChI=1S/C10H13N5S/c11-6-2-1-3-7(6)16-10-8-9(13-4-12-8)14-5-15-10/h4-7H,1-3,11H2,(H,12,13,14,15). The number of nitrogens with two attached hydrogens (primary N) is 1. The van der Waals surface area contributed by atoms with E-state index in [0.29, 0.717) is 5.25 Å². The summed E-state index contributed by atoms with van der Waals surface area (Å²) in [5, 5.41) is 1.44. The van der Waals surface area contributed by atoms with E-state index in [4.69, 9.17) is 5.73 Å². The van der Waals surface area contributed by atoms with Gasteiger partial charge in [-0.05, 0) is 12.8 Å². The first-order valence-electron chi connectivity index (χ1n) is 5.41. The highest BCUT2D eigenvalue weighted by molar-refractivity contribution is 8.00. The van der Waals surface area contributed by atoms with Gasteiger partial charge in [0, 0.05) is 11.3 Å². The van der Waals surface area contributed by atoms with E-state index in [9.17, 15) is 0 Å². The molecule has 2 aromatic rings. The van der Waals surface area contributed by atoms with Gasteiger partial charge in [0.15, 0.2) is 5.65 Å². The highest BCUT2D eigenvalue weighted by Crippen LogP contribution is 2.34. The molecule has 3 N–H and O–H groups in total. The number of hydrogen-bond donors (Lipinski definition) is 2. The molecule has 0 saturated heterocycles. The van der Waals surface area contributed by atoms with Crippen molar-refractivity contribution in [1.82, 2.24) is 19.9 Å². The molecule has 5 nitrogen and oxygen atoms in total. The molecule has 6 heteroatoms. The summed E-state index contributed by atoms with van der Waals surface area (Å²) in [5.74, 6) is 0. The quantitative estimate of drug-likeness (QED) is 0.767. The maximum Gasteiger partial charge on any atom is 0.181 e. The Kier molecular flexibility index (Phi) is 2.53. The molecule has 0 aliphatic heterocycles.